The Hall–Kier alpha value is -1.84. The zero-order chi connectivity index (χ0) is 12.1. The summed E-state index contributed by atoms with van der Waals surface area (Å²) in [4.78, 5) is 14.8. The number of rotatable bonds is 5. The van der Waals surface area contributed by atoms with Crippen molar-refractivity contribution in [3.8, 4) is 5.75 Å². The third kappa shape index (κ3) is 3.38. The molecule has 0 aliphatic rings. The van der Waals surface area contributed by atoms with Crippen LogP contribution >= 0.6 is 0 Å². The lowest BCUT2D eigenvalue weighted by atomic mass is 10.2. The highest BCUT2D eigenvalue weighted by Crippen LogP contribution is 2.15. The molecule has 16 heavy (non-hydrogen) atoms. The molecule has 0 aliphatic heterocycles. The fourth-order valence-corrected chi connectivity index (χ4v) is 1.15. The van der Waals surface area contributed by atoms with E-state index in [-0.39, 0.29) is 5.56 Å². The van der Waals surface area contributed by atoms with E-state index in [2.05, 4.69) is 11.6 Å². The molecule has 0 spiro atoms. The van der Waals surface area contributed by atoms with E-state index in [9.17, 15) is 4.79 Å². The Morgan fingerprint density at radius 3 is 2.88 bits per heavy atom. The van der Waals surface area contributed by atoms with Crippen molar-refractivity contribution in [3.63, 3.8) is 0 Å². The number of ether oxygens (including phenoxy) is 1. The lowest BCUT2D eigenvalue weighted by Crippen LogP contribution is -2.04. The second-order valence-electron chi connectivity index (χ2n) is 3.66. The lowest BCUT2D eigenvalue weighted by molar-refractivity contribution is 0.0695. The summed E-state index contributed by atoms with van der Waals surface area (Å²) in [6.45, 7) is 7.81. The fourth-order valence-electron chi connectivity index (χ4n) is 1.15. The maximum absolute atomic E-state index is 10.8. The molecule has 0 aromatic carbocycles. The Bertz CT molecular complexity index is 413. The average molecular weight is 221 g/mol. The van der Waals surface area contributed by atoms with Gasteiger partial charge in [-0.2, -0.15) is 0 Å². The molecule has 4 nitrogen and oxygen atoms in total. The van der Waals surface area contributed by atoms with Crippen molar-refractivity contribution in [2.24, 2.45) is 0 Å². The van der Waals surface area contributed by atoms with E-state index in [0.29, 0.717) is 18.1 Å². The van der Waals surface area contributed by atoms with E-state index in [1.54, 1.807) is 6.92 Å². The van der Waals surface area contributed by atoms with E-state index < -0.39 is 5.97 Å². The Kier molecular flexibility index (Phi) is 4.05. The first kappa shape index (κ1) is 12.2. The summed E-state index contributed by atoms with van der Waals surface area (Å²) in [6, 6.07) is 1.49. The molecule has 0 unspecified atom stereocenters. The SMILES string of the molecule is C=C(C)CCOc1cnc(C)c(C(=O)O)c1. The standard InChI is InChI=1S/C12H15NO3/c1-8(2)4-5-16-10-6-11(12(14)15)9(3)13-7-10/h6-7H,1,4-5H2,2-3H3,(H,14,15). The van der Waals surface area contributed by atoms with Gasteiger partial charge in [-0.05, 0) is 19.9 Å². The molecule has 1 aromatic rings. The highest BCUT2D eigenvalue weighted by atomic mass is 16.5. The highest BCUT2D eigenvalue weighted by Gasteiger charge is 2.09. The number of carbonyl (C=O) groups is 1. The topological polar surface area (TPSA) is 59.4 Å². The van der Waals surface area contributed by atoms with Gasteiger partial charge >= 0.3 is 5.97 Å². The van der Waals surface area contributed by atoms with Crippen molar-refractivity contribution in [3.05, 3.63) is 35.7 Å². The minimum Gasteiger partial charge on any atom is -0.492 e. The summed E-state index contributed by atoms with van der Waals surface area (Å²) in [5.74, 6) is -0.514. The van der Waals surface area contributed by atoms with Crippen LogP contribution in [0.15, 0.2) is 24.4 Å². The lowest BCUT2D eigenvalue weighted by Gasteiger charge is -2.07. The number of hydrogen-bond acceptors (Lipinski definition) is 3. The molecule has 0 atom stereocenters. The van der Waals surface area contributed by atoms with Gasteiger partial charge < -0.3 is 9.84 Å². The monoisotopic (exact) mass is 221 g/mol. The van der Waals surface area contributed by atoms with Crippen LogP contribution in [0.25, 0.3) is 0 Å². The minimum absolute atomic E-state index is 0.174. The number of hydrogen-bond donors (Lipinski definition) is 1. The largest absolute Gasteiger partial charge is 0.492 e. The molecular weight excluding hydrogens is 206 g/mol. The molecule has 1 N–H and O–H groups in total. The molecule has 1 heterocycles. The molecule has 0 saturated heterocycles. The van der Waals surface area contributed by atoms with Gasteiger partial charge in [0.1, 0.15) is 5.75 Å². The van der Waals surface area contributed by atoms with Crippen molar-refractivity contribution in [1.82, 2.24) is 4.98 Å². The van der Waals surface area contributed by atoms with E-state index >= 15 is 0 Å². The molecule has 86 valence electrons. The van der Waals surface area contributed by atoms with E-state index in [0.717, 1.165) is 12.0 Å². The molecule has 1 aromatic heterocycles. The summed E-state index contributed by atoms with van der Waals surface area (Å²) in [5.41, 5.74) is 1.69. The van der Waals surface area contributed by atoms with Gasteiger partial charge in [0, 0.05) is 6.42 Å². The van der Waals surface area contributed by atoms with E-state index in [1.807, 2.05) is 6.92 Å². The maximum Gasteiger partial charge on any atom is 0.337 e. The first-order valence-corrected chi connectivity index (χ1v) is 4.98. The fraction of sp³-hybridized carbons (Fsp3) is 0.333. The van der Waals surface area contributed by atoms with E-state index in [4.69, 9.17) is 9.84 Å². The van der Waals surface area contributed by atoms with Gasteiger partial charge in [0.05, 0.1) is 24.1 Å². The molecule has 4 heteroatoms. The molecule has 1 rings (SSSR count). The molecular formula is C12H15NO3. The Morgan fingerprint density at radius 1 is 1.62 bits per heavy atom. The van der Waals surface area contributed by atoms with Crippen molar-refractivity contribution < 1.29 is 14.6 Å². The molecule has 0 bridgehead atoms. The predicted octanol–water partition coefficient (Wildman–Crippen LogP) is 2.43. The zero-order valence-electron chi connectivity index (χ0n) is 9.49. The van der Waals surface area contributed by atoms with Crippen LogP contribution in [0, 0.1) is 6.92 Å². The van der Waals surface area contributed by atoms with Gasteiger partial charge in [0.15, 0.2) is 0 Å². The van der Waals surface area contributed by atoms with Crippen molar-refractivity contribution in [1.29, 1.82) is 0 Å². The molecule has 0 radical (unpaired) electrons. The van der Waals surface area contributed by atoms with Gasteiger partial charge in [-0.15, -0.1) is 6.58 Å². The number of aromatic nitrogens is 1. The number of aryl methyl sites for hydroxylation is 1. The van der Waals surface area contributed by atoms with Crippen LogP contribution < -0.4 is 4.74 Å². The summed E-state index contributed by atoms with van der Waals surface area (Å²) in [7, 11) is 0. The number of aromatic carboxylic acids is 1. The summed E-state index contributed by atoms with van der Waals surface area (Å²) < 4.78 is 5.38. The van der Waals surface area contributed by atoms with Gasteiger partial charge in [-0.3, -0.25) is 4.98 Å². The Labute approximate surface area is 94.6 Å². The average Bonchev–Trinajstić information content (AvgIpc) is 2.19. The van der Waals surface area contributed by atoms with Gasteiger partial charge in [0.2, 0.25) is 0 Å². The van der Waals surface area contributed by atoms with Crippen molar-refractivity contribution in [2.75, 3.05) is 6.61 Å². The van der Waals surface area contributed by atoms with Crippen LogP contribution in [-0.2, 0) is 0 Å². The summed E-state index contributed by atoms with van der Waals surface area (Å²) in [5, 5.41) is 8.89. The van der Waals surface area contributed by atoms with Gasteiger partial charge in [0.25, 0.3) is 0 Å². The zero-order valence-corrected chi connectivity index (χ0v) is 9.49. The molecule has 0 amide bonds. The maximum atomic E-state index is 10.8. The van der Waals surface area contributed by atoms with Crippen LogP contribution in [0.4, 0.5) is 0 Å². The van der Waals surface area contributed by atoms with Crippen LogP contribution in [0.3, 0.4) is 0 Å². The minimum atomic E-state index is -0.990. The number of carboxylic acids is 1. The Morgan fingerprint density at radius 2 is 2.31 bits per heavy atom. The van der Waals surface area contributed by atoms with Crippen LogP contribution in [0.2, 0.25) is 0 Å². The first-order chi connectivity index (χ1) is 7.50. The first-order valence-electron chi connectivity index (χ1n) is 4.98. The highest BCUT2D eigenvalue weighted by molar-refractivity contribution is 5.89. The number of pyridine rings is 1. The normalized spacial score (nSPS) is 9.88. The third-order valence-electron chi connectivity index (χ3n) is 2.09. The quantitative estimate of drug-likeness (QED) is 0.776. The van der Waals surface area contributed by atoms with Crippen LogP contribution in [-0.4, -0.2) is 22.7 Å². The van der Waals surface area contributed by atoms with Gasteiger partial charge in [-0.25, -0.2) is 4.79 Å². The summed E-state index contributed by atoms with van der Waals surface area (Å²) in [6.07, 6.45) is 2.27. The second kappa shape index (κ2) is 5.30. The van der Waals surface area contributed by atoms with Crippen molar-refractivity contribution in [2.45, 2.75) is 20.3 Å². The second-order valence-corrected chi connectivity index (χ2v) is 3.66. The Balaban J connectivity index is 2.71. The summed E-state index contributed by atoms with van der Waals surface area (Å²) >= 11 is 0. The smallest absolute Gasteiger partial charge is 0.337 e. The molecule has 0 aliphatic carbocycles. The predicted molar refractivity (Wildman–Crippen MR) is 60.9 cm³/mol. The van der Waals surface area contributed by atoms with Gasteiger partial charge in [-0.1, -0.05) is 5.57 Å². The number of nitrogens with zero attached hydrogens (tertiary/aromatic N) is 1. The number of carboxylic acid groups (broad SMARTS) is 1. The van der Waals surface area contributed by atoms with Crippen LogP contribution in [0.1, 0.15) is 29.4 Å². The molecule has 0 fully saturated rings. The van der Waals surface area contributed by atoms with Crippen molar-refractivity contribution >= 4 is 5.97 Å². The molecule has 0 saturated carbocycles. The van der Waals surface area contributed by atoms with Crippen LogP contribution in [0.5, 0.6) is 5.75 Å². The third-order valence-corrected chi connectivity index (χ3v) is 2.09. The van der Waals surface area contributed by atoms with E-state index in [1.165, 1.54) is 12.3 Å².